The van der Waals surface area contributed by atoms with E-state index in [4.69, 9.17) is 0 Å². The first-order valence-electron chi connectivity index (χ1n) is 9.32. The molecule has 2 heterocycles. The molecule has 0 aliphatic carbocycles. The smallest absolute Gasteiger partial charge is 0.149 e. The van der Waals surface area contributed by atoms with E-state index in [9.17, 15) is 0 Å². The zero-order chi connectivity index (χ0) is 18.8. The molecule has 1 atom stereocenters. The predicted molar refractivity (Wildman–Crippen MR) is 115 cm³/mol. The number of benzene rings is 2. The Balaban J connectivity index is 2.00. The molecule has 0 spiro atoms. The maximum absolute atomic E-state index is 4.67. The number of hydrogen-bond acceptors (Lipinski definition) is 3. The average molecular weight is 374 g/mol. The summed E-state index contributed by atoms with van der Waals surface area (Å²) in [6, 6.07) is 19.0. The molecule has 2 aromatic carbocycles. The minimum atomic E-state index is 0.508. The first-order valence-corrected chi connectivity index (χ1v) is 10.2. The number of hydrogen-bond donors (Lipinski definition) is 0. The molecule has 0 saturated carbocycles. The number of nitrogens with zero attached hydrogens (tertiary/aromatic N) is 3. The van der Waals surface area contributed by atoms with Crippen molar-refractivity contribution < 1.29 is 0 Å². The van der Waals surface area contributed by atoms with E-state index in [0.717, 1.165) is 28.2 Å². The molecule has 0 saturated heterocycles. The molecule has 0 radical (unpaired) electrons. The van der Waals surface area contributed by atoms with Crippen LogP contribution in [0.2, 0.25) is 0 Å². The maximum atomic E-state index is 4.67. The second kappa shape index (κ2) is 7.57. The van der Waals surface area contributed by atoms with E-state index in [1.54, 1.807) is 6.33 Å². The van der Waals surface area contributed by atoms with Gasteiger partial charge in [0.2, 0.25) is 0 Å². The molecule has 0 amide bonds. The minimum Gasteiger partial charge on any atom is -0.301 e. The van der Waals surface area contributed by atoms with Crippen molar-refractivity contribution in [2.24, 2.45) is 0 Å². The molecule has 0 aliphatic rings. The van der Waals surface area contributed by atoms with Crippen molar-refractivity contribution in [3.8, 4) is 16.8 Å². The van der Waals surface area contributed by atoms with Crippen LogP contribution in [0.25, 0.3) is 27.8 Å². The van der Waals surface area contributed by atoms with Crippen molar-refractivity contribution in [1.29, 1.82) is 0 Å². The van der Waals surface area contributed by atoms with Crippen LogP contribution >= 0.6 is 11.8 Å². The highest BCUT2D eigenvalue weighted by Crippen LogP contribution is 2.38. The zero-order valence-corrected chi connectivity index (χ0v) is 16.7. The number of fused-ring (bicyclic) bond motifs is 1. The second-order valence-electron chi connectivity index (χ2n) is 6.83. The van der Waals surface area contributed by atoms with E-state index in [-0.39, 0.29) is 0 Å². The van der Waals surface area contributed by atoms with Gasteiger partial charge in [-0.2, -0.15) is 0 Å². The molecule has 0 aliphatic heterocycles. The Morgan fingerprint density at radius 3 is 2.59 bits per heavy atom. The van der Waals surface area contributed by atoms with Crippen LogP contribution in [-0.2, 0) is 0 Å². The third-order valence-electron chi connectivity index (χ3n) is 4.80. The lowest BCUT2D eigenvalue weighted by Crippen LogP contribution is -1.97. The van der Waals surface area contributed by atoms with Crippen LogP contribution in [0.4, 0.5) is 0 Å². The van der Waals surface area contributed by atoms with Crippen molar-refractivity contribution in [3.05, 3.63) is 72.7 Å². The van der Waals surface area contributed by atoms with Gasteiger partial charge >= 0.3 is 0 Å². The largest absolute Gasteiger partial charge is 0.301 e. The molecule has 2 aromatic heterocycles. The monoisotopic (exact) mass is 373 g/mol. The Bertz CT molecular complexity index is 1070. The van der Waals surface area contributed by atoms with Gasteiger partial charge < -0.3 is 4.57 Å². The second-order valence-corrected chi connectivity index (χ2v) is 8.26. The SMILES string of the molecule is CC[C@H](C)Sc1ncnc2c1c(-c1ccccc1)cn2-c1cccc(C)c1. The third-order valence-corrected chi connectivity index (χ3v) is 6.07. The summed E-state index contributed by atoms with van der Waals surface area (Å²) >= 11 is 1.83. The molecule has 0 bridgehead atoms. The molecule has 0 unspecified atom stereocenters. The summed E-state index contributed by atoms with van der Waals surface area (Å²) in [5, 5.41) is 2.70. The van der Waals surface area contributed by atoms with E-state index in [1.165, 1.54) is 16.7 Å². The molecule has 136 valence electrons. The van der Waals surface area contributed by atoms with Gasteiger partial charge in [-0.15, -0.1) is 11.8 Å². The van der Waals surface area contributed by atoms with Crippen LogP contribution in [0.15, 0.2) is 72.1 Å². The van der Waals surface area contributed by atoms with Gasteiger partial charge in [0.15, 0.2) is 0 Å². The Kier molecular flexibility index (Phi) is 4.99. The third kappa shape index (κ3) is 3.50. The van der Waals surface area contributed by atoms with Crippen LogP contribution in [0.5, 0.6) is 0 Å². The van der Waals surface area contributed by atoms with Crippen LogP contribution in [-0.4, -0.2) is 19.8 Å². The van der Waals surface area contributed by atoms with Crippen molar-refractivity contribution >= 4 is 22.8 Å². The van der Waals surface area contributed by atoms with E-state index < -0.39 is 0 Å². The lowest BCUT2D eigenvalue weighted by molar-refractivity contribution is 0.901. The van der Waals surface area contributed by atoms with Crippen LogP contribution in [0.1, 0.15) is 25.8 Å². The van der Waals surface area contributed by atoms with E-state index in [1.807, 2.05) is 11.8 Å². The topological polar surface area (TPSA) is 30.7 Å². The molecule has 0 fully saturated rings. The lowest BCUT2D eigenvalue weighted by atomic mass is 10.1. The number of rotatable bonds is 5. The van der Waals surface area contributed by atoms with Gasteiger partial charge in [0, 0.05) is 22.7 Å². The molecular weight excluding hydrogens is 350 g/mol. The fraction of sp³-hybridized carbons (Fsp3) is 0.217. The Labute approximate surface area is 164 Å². The summed E-state index contributed by atoms with van der Waals surface area (Å²) in [6.45, 7) is 6.58. The van der Waals surface area contributed by atoms with Gasteiger partial charge in [-0.25, -0.2) is 9.97 Å². The van der Waals surface area contributed by atoms with Crippen molar-refractivity contribution in [2.45, 2.75) is 37.5 Å². The molecular formula is C23H23N3S. The Morgan fingerprint density at radius 1 is 1.04 bits per heavy atom. The van der Waals surface area contributed by atoms with Gasteiger partial charge in [-0.3, -0.25) is 0 Å². The number of aryl methyl sites for hydroxylation is 1. The zero-order valence-electron chi connectivity index (χ0n) is 15.9. The summed E-state index contributed by atoms with van der Waals surface area (Å²) in [4.78, 5) is 9.31. The predicted octanol–water partition coefficient (Wildman–Crippen LogP) is 6.29. The maximum Gasteiger partial charge on any atom is 0.149 e. The summed E-state index contributed by atoms with van der Waals surface area (Å²) in [7, 11) is 0. The quantitative estimate of drug-likeness (QED) is 0.304. The molecule has 3 nitrogen and oxygen atoms in total. The highest BCUT2D eigenvalue weighted by Gasteiger charge is 2.18. The van der Waals surface area contributed by atoms with Gasteiger partial charge in [0.1, 0.15) is 17.0 Å². The molecule has 4 heteroatoms. The fourth-order valence-corrected chi connectivity index (χ4v) is 4.18. The van der Waals surface area contributed by atoms with Crippen LogP contribution < -0.4 is 0 Å². The van der Waals surface area contributed by atoms with Crippen LogP contribution in [0.3, 0.4) is 0 Å². The van der Waals surface area contributed by atoms with Gasteiger partial charge in [-0.1, -0.05) is 56.3 Å². The average Bonchev–Trinajstić information content (AvgIpc) is 3.09. The highest BCUT2D eigenvalue weighted by atomic mass is 32.2. The lowest BCUT2D eigenvalue weighted by Gasteiger charge is -2.10. The van der Waals surface area contributed by atoms with E-state index in [0.29, 0.717) is 5.25 Å². The summed E-state index contributed by atoms with van der Waals surface area (Å²) < 4.78 is 2.19. The van der Waals surface area contributed by atoms with Crippen molar-refractivity contribution in [1.82, 2.24) is 14.5 Å². The molecule has 27 heavy (non-hydrogen) atoms. The Hall–Kier alpha value is -2.59. The normalized spacial score (nSPS) is 12.4. The fourth-order valence-electron chi connectivity index (χ4n) is 3.21. The summed E-state index contributed by atoms with van der Waals surface area (Å²) in [5.41, 5.74) is 5.69. The summed E-state index contributed by atoms with van der Waals surface area (Å²) in [5.74, 6) is 0. The van der Waals surface area contributed by atoms with Crippen LogP contribution in [0, 0.1) is 6.92 Å². The molecule has 4 aromatic rings. The van der Waals surface area contributed by atoms with Crippen molar-refractivity contribution in [3.63, 3.8) is 0 Å². The number of thioether (sulfide) groups is 1. The van der Waals surface area contributed by atoms with Gasteiger partial charge in [0.25, 0.3) is 0 Å². The standard InChI is InChI=1S/C23H23N3S/c1-4-17(3)27-23-21-20(18-10-6-5-7-11-18)14-26(22(21)24-15-25-23)19-12-8-9-16(2)13-19/h5-15,17H,4H2,1-3H3/t17-/m0/s1. The Morgan fingerprint density at radius 2 is 1.85 bits per heavy atom. The van der Waals surface area contributed by atoms with E-state index >= 15 is 0 Å². The van der Waals surface area contributed by atoms with E-state index in [2.05, 4.69) is 96.1 Å². The first-order chi connectivity index (χ1) is 13.2. The molecule has 4 rings (SSSR count). The highest BCUT2D eigenvalue weighted by molar-refractivity contribution is 8.00. The summed E-state index contributed by atoms with van der Waals surface area (Å²) in [6.07, 6.45) is 4.99. The van der Waals surface area contributed by atoms with Crippen molar-refractivity contribution in [2.75, 3.05) is 0 Å². The molecule has 0 N–H and O–H groups in total. The first kappa shape index (κ1) is 17.8. The number of aromatic nitrogens is 3. The van der Waals surface area contributed by atoms with Gasteiger partial charge in [0.05, 0.1) is 5.39 Å². The minimum absolute atomic E-state index is 0.508. The van der Waals surface area contributed by atoms with Gasteiger partial charge in [-0.05, 0) is 36.6 Å².